The third-order valence-electron chi connectivity index (χ3n) is 5.61. The molecule has 3 N–H and O–H groups in total. The SMILES string of the molecule is COc1cc2oc(-c3cccc(C(=O)Nc4ccc(Cl)cc4)c3)cc(=O)c2c(OCC(=O)NCC(=O)O)c1OC. The topological polar surface area (TPSA) is 153 Å². The zero-order chi connectivity index (χ0) is 28.8. The van der Waals surface area contributed by atoms with E-state index in [9.17, 15) is 19.2 Å². The molecule has 0 saturated carbocycles. The second kappa shape index (κ2) is 12.2. The van der Waals surface area contributed by atoms with E-state index in [-0.39, 0.29) is 39.9 Å². The van der Waals surface area contributed by atoms with Gasteiger partial charge in [-0.05, 0) is 36.4 Å². The number of ether oxygens (including phenoxy) is 3. The normalized spacial score (nSPS) is 10.6. The molecule has 1 heterocycles. The van der Waals surface area contributed by atoms with E-state index in [0.717, 1.165) is 0 Å². The van der Waals surface area contributed by atoms with E-state index >= 15 is 0 Å². The van der Waals surface area contributed by atoms with Gasteiger partial charge in [-0.15, -0.1) is 0 Å². The van der Waals surface area contributed by atoms with Gasteiger partial charge in [0.05, 0.1) is 14.2 Å². The summed E-state index contributed by atoms with van der Waals surface area (Å²) in [5.74, 6) is -2.08. The Bertz CT molecular complexity index is 1650. The Morgan fingerprint density at radius 1 is 0.975 bits per heavy atom. The predicted molar refractivity (Wildman–Crippen MR) is 147 cm³/mol. The second-order valence-corrected chi connectivity index (χ2v) is 8.73. The molecule has 0 bridgehead atoms. The van der Waals surface area contributed by atoms with Gasteiger partial charge in [0.1, 0.15) is 23.3 Å². The molecule has 3 aromatic carbocycles. The van der Waals surface area contributed by atoms with Crippen LogP contribution < -0.4 is 30.3 Å². The monoisotopic (exact) mass is 566 g/mol. The van der Waals surface area contributed by atoms with Gasteiger partial charge in [-0.25, -0.2) is 0 Å². The highest BCUT2D eigenvalue weighted by Crippen LogP contribution is 2.43. The van der Waals surface area contributed by atoms with Crippen LogP contribution >= 0.6 is 11.6 Å². The molecule has 4 rings (SSSR count). The van der Waals surface area contributed by atoms with Crippen LogP contribution in [0.3, 0.4) is 0 Å². The molecule has 2 amide bonds. The van der Waals surface area contributed by atoms with Gasteiger partial charge in [0, 0.05) is 34.0 Å². The molecule has 0 radical (unpaired) electrons. The average molecular weight is 567 g/mol. The highest BCUT2D eigenvalue weighted by atomic mass is 35.5. The fourth-order valence-corrected chi connectivity index (χ4v) is 3.91. The van der Waals surface area contributed by atoms with Crippen molar-refractivity contribution in [2.24, 2.45) is 0 Å². The smallest absolute Gasteiger partial charge is 0.322 e. The number of carboxylic acids is 1. The maximum absolute atomic E-state index is 13.3. The number of anilines is 1. The number of hydrogen-bond acceptors (Lipinski definition) is 8. The number of hydrogen-bond donors (Lipinski definition) is 3. The molecule has 0 spiro atoms. The molecule has 11 nitrogen and oxygen atoms in total. The van der Waals surface area contributed by atoms with Crippen molar-refractivity contribution in [1.82, 2.24) is 5.32 Å². The van der Waals surface area contributed by atoms with E-state index in [1.165, 1.54) is 26.4 Å². The summed E-state index contributed by atoms with van der Waals surface area (Å²) in [6, 6.07) is 15.8. The van der Waals surface area contributed by atoms with Gasteiger partial charge < -0.3 is 34.4 Å². The summed E-state index contributed by atoms with van der Waals surface area (Å²) in [4.78, 5) is 48.9. The molecule has 1 aromatic heterocycles. The van der Waals surface area contributed by atoms with Gasteiger partial charge in [0.2, 0.25) is 5.75 Å². The van der Waals surface area contributed by atoms with Crippen LogP contribution in [0.25, 0.3) is 22.3 Å². The van der Waals surface area contributed by atoms with Gasteiger partial charge in [-0.2, -0.15) is 0 Å². The fourth-order valence-electron chi connectivity index (χ4n) is 3.79. The number of halogens is 1. The van der Waals surface area contributed by atoms with Crippen LogP contribution in [0.1, 0.15) is 10.4 Å². The number of nitrogens with one attached hydrogen (secondary N) is 2. The molecule has 0 fully saturated rings. The van der Waals surface area contributed by atoms with Crippen molar-refractivity contribution in [2.75, 3.05) is 32.7 Å². The van der Waals surface area contributed by atoms with Crippen molar-refractivity contribution in [3.63, 3.8) is 0 Å². The van der Waals surface area contributed by atoms with Crippen molar-refractivity contribution < 1.29 is 38.1 Å². The summed E-state index contributed by atoms with van der Waals surface area (Å²) in [5.41, 5.74) is 0.875. The van der Waals surface area contributed by atoms with Gasteiger partial charge in [-0.3, -0.25) is 19.2 Å². The van der Waals surface area contributed by atoms with Crippen molar-refractivity contribution >= 4 is 46.0 Å². The predicted octanol–water partition coefficient (Wildman–Crippen LogP) is 3.96. The largest absolute Gasteiger partial charge is 0.493 e. The third kappa shape index (κ3) is 6.33. The lowest BCUT2D eigenvalue weighted by molar-refractivity contribution is -0.138. The van der Waals surface area contributed by atoms with Crippen molar-refractivity contribution in [3.8, 4) is 28.6 Å². The maximum Gasteiger partial charge on any atom is 0.322 e. The molecule has 0 unspecified atom stereocenters. The molecule has 0 atom stereocenters. The van der Waals surface area contributed by atoms with Crippen LogP contribution in [0, 0.1) is 0 Å². The summed E-state index contributed by atoms with van der Waals surface area (Å²) in [6.07, 6.45) is 0. The number of benzene rings is 3. The summed E-state index contributed by atoms with van der Waals surface area (Å²) >= 11 is 5.90. The minimum Gasteiger partial charge on any atom is -0.493 e. The summed E-state index contributed by atoms with van der Waals surface area (Å²) in [6.45, 7) is -1.20. The Balaban J connectivity index is 1.70. The first-order chi connectivity index (χ1) is 19.2. The average Bonchev–Trinajstić information content (AvgIpc) is 2.95. The lowest BCUT2D eigenvalue weighted by atomic mass is 10.1. The van der Waals surface area contributed by atoms with Crippen molar-refractivity contribution in [1.29, 1.82) is 0 Å². The second-order valence-electron chi connectivity index (χ2n) is 8.29. The Kier molecular flexibility index (Phi) is 8.55. The molecule has 40 heavy (non-hydrogen) atoms. The molecule has 0 aliphatic heterocycles. The number of carboxylic acid groups (broad SMARTS) is 1. The van der Waals surface area contributed by atoms with E-state index in [4.69, 9.17) is 35.3 Å². The number of carbonyl (C=O) groups is 3. The third-order valence-corrected chi connectivity index (χ3v) is 5.87. The molecule has 0 aliphatic carbocycles. The van der Waals surface area contributed by atoms with Gasteiger partial charge in [-0.1, -0.05) is 23.7 Å². The first-order valence-corrected chi connectivity index (χ1v) is 12.1. The first-order valence-electron chi connectivity index (χ1n) is 11.7. The zero-order valence-corrected chi connectivity index (χ0v) is 22.0. The van der Waals surface area contributed by atoms with Crippen molar-refractivity contribution in [3.05, 3.63) is 81.5 Å². The number of amides is 2. The summed E-state index contributed by atoms with van der Waals surface area (Å²) in [7, 11) is 2.70. The van der Waals surface area contributed by atoms with Crippen molar-refractivity contribution in [2.45, 2.75) is 0 Å². The fraction of sp³-hybridized carbons (Fsp3) is 0.143. The Morgan fingerprint density at radius 3 is 2.40 bits per heavy atom. The number of aliphatic carboxylic acids is 1. The van der Waals surface area contributed by atoms with Crippen LogP contribution in [-0.2, 0) is 9.59 Å². The molecule has 0 saturated heterocycles. The molecular weight excluding hydrogens is 544 g/mol. The number of rotatable bonds is 10. The molecule has 4 aromatic rings. The summed E-state index contributed by atoms with van der Waals surface area (Å²) < 4.78 is 22.3. The first kappa shape index (κ1) is 28.0. The molecular formula is C28H23ClN2O9. The number of carbonyl (C=O) groups excluding carboxylic acids is 2. The van der Waals surface area contributed by atoms with Crippen LogP contribution in [0.4, 0.5) is 5.69 Å². The Hall–Kier alpha value is -5.03. The molecule has 206 valence electrons. The van der Waals surface area contributed by atoms with E-state index in [1.54, 1.807) is 48.5 Å². The quantitative estimate of drug-likeness (QED) is 0.259. The number of fused-ring (bicyclic) bond motifs is 1. The Morgan fingerprint density at radius 2 is 1.73 bits per heavy atom. The van der Waals surface area contributed by atoms with E-state index < -0.39 is 30.5 Å². The minimum absolute atomic E-state index is 0.0240. The van der Waals surface area contributed by atoms with Crippen LogP contribution in [0.15, 0.2) is 69.9 Å². The van der Waals surface area contributed by atoms with Crippen LogP contribution in [-0.4, -0.2) is 50.3 Å². The van der Waals surface area contributed by atoms with Gasteiger partial charge in [0.15, 0.2) is 23.5 Å². The zero-order valence-electron chi connectivity index (χ0n) is 21.3. The van der Waals surface area contributed by atoms with E-state index in [1.807, 2.05) is 0 Å². The van der Waals surface area contributed by atoms with Crippen LogP contribution in [0.5, 0.6) is 17.2 Å². The highest BCUT2D eigenvalue weighted by molar-refractivity contribution is 6.30. The van der Waals surface area contributed by atoms with Gasteiger partial charge >= 0.3 is 5.97 Å². The van der Waals surface area contributed by atoms with Crippen LogP contribution in [0.2, 0.25) is 5.02 Å². The minimum atomic E-state index is -1.22. The molecule has 0 aliphatic rings. The van der Waals surface area contributed by atoms with Gasteiger partial charge in [0.25, 0.3) is 11.8 Å². The maximum atomic E-state index is 13.3. The summed E-state index contributed by atoms with van der Waals surface area (Å²) in [5, 5.41) is 14.2. The highest BCUT2D eigenvalue weighted by Gasteiger charge is 2.22. The van der Waals surface area contributed by atoms with E-state index in [0.29, 0.717) is 21.8 Å². The number of methoxy groups -OCH3 is 2. The Labute approximate surface area is 232 Å². The standard InChI is InChI=1S/C28H23ClN2O9/c1-37-22-12-21-25(27(26(22)38-2)39-14-23(33)30-13-24(34)35)19(32)11-20(40-21)15-4-3-5-16(10-15)28(36)31-18-8-6-17(29)7-9-18/h3-12H,13-14H2,1-2H3,(H,30,33)(H,31,36)(H,34,35). The molecule has 12 heteroatoms. The lowest BCUT2D eigenvalue weighted by Crippen LogP contribution is -2.33. The lowest BCUT2D eigenvalue weighted by Gasteiger charge is -2.16. The van der Waals surface area contributed by atoms with E-state index in [2.05, 4.69) is 10.6 Å².